The van der Waals surface area contributed by atoms with Gasteiger partial charge in [0, 0.05) is 18.8 Å². The summed E-state index contributed by atoms with van der Waals surface area (Å²) >= 11 is 0. The van der Waals surface area contributed by atoms with Crippen molar-refractivity contribution < 1.29 is 14.4 Å². The highest BCUT2D eigenvalue weighted by Crippen LogP contribution is 2.49. The van der Waals surface area contributed by atoms with Crippen molar-refractivity contribution >= 4 is 23.5 Å². The highest BCUT2D eigenvalue weighted by atomic mass is 16.2. The topological polar surface area (TPSA) is 78.5 Å². The third kappa shape index (κ3) is 2.81. The predicted octanol–water partition coefficient (Wildman–Crippen LogP) is 2.01. The molecule has 1 saturated heterocycles. The van der Waals surface area contributed by atoms with Crippen molar-refractivity contribution in [3.05, 3.63) is 42.5 Å². The van der Waals surface area contributed by atoms with Crippen molar-refractivity contribution in [2.75, 3.05) is 18.4 Å². The molecule has 130 valence electrons. The Morgan fingerprint density at radius 3 is 2.16 bits per heavy atom. The molecule has 1 saturated carbocycles. The Bertz CT molecular complexity index is 699. The normalized spacial score (nSPS) is 29.7. The zero-order chi connectivity index (χ0) is 17.4. The number of allylic oxidation sites excluding steroid dienone is 2. The van der Waals surface area contributed by atoms with E-state index in [0.29, 0.717) is 5.69 Å². The quantitative estimate of drug-likeness (QED) is 0.650. The molecule has 4 amide bonds. The molecule has 4 atom stereocenters. The molecule has 1 aliphatic heterocycles. The van der Waals surface area contributed by atoms with Gasteiger partial charge in [0.05, 0.1) is 11.8 Å². The lowest BCUT2D eigenvalue weighted by molar-refractivity contribution is -0.140. The Hall–Kier alpha value is -2.63. The minimum Gasteiger partial charge on any atom is -0.336 e. The third-order valence-corrected chi connectivity index (χ3v) is 5.50. The highest BCUT2D eigenvalue weighted by molar-refractivity contribution is 6.06. The first-order valence-corrected chi connectivity index (χ1v) is 8.78. The van der Waals surface area contributed by atoms with Crippen molar-refractivity contribution in [1.29, 1.82) is 0 Å². The number of nitrogens with one attached hydrogen (secondary N) is 2. The number of benzene rings is 1. The van der Waals surface area contributed by atoms with Crippen LogP contribution in [0.3, 0.4) is 0 Å². The van der Waals surface area contributed by atoms with Gasteiger partial charge in [-0.1, -0.05) is 30.4 Å². The van der Waals surface area contributed by atoms with Gasteiger partial charge < -0.3 is 10.6 Å². The summed E-state index contributed by atoms with van der Waals surface area (Å²) in [7, 11) is 0. The summed E-state index contributed by atoms with van der Waals surface area (Å²) in [5.41, 5.74) is 0.696. The van der Waals surface area contributed by atoms with Gasteiger partial charge in [0.15, 0.2) is 0 Å². The molecule has 0 aromatic heterocycles. The summed E-state index contributed by atoms with van der Waals surface area (Å²) in [5, 5.41) is 5.42. The molecule has 1 heterocycles. The van der Waals surface area contributed by atoms with Crippen molar-refractivity contribution in [1.82, 2.24) is 10.2 Å². The number of carbonyl (C=O) groups is 3. The van der Waals surface area contributed by atoms with Crippen LogP contribution in [0, 0.1) is 23.7 Å². The van der Waals surface area contributed by atoms with E-state index in [4.69, 9.17) is 0 Å². The minimum absolute atomic E-state index is 0.0701. The van der Waals surface area contributed by atoms with Crippen molar-refractivity contribution in [3.63, 3.8) is 0 Å². The van der Waals surface area contributed by atoms with Gasteiger partial charge in [-0.25, -0.2) is 4.79 Å². The fraction of sp³-hybridized carbons (Fsp3) is 0.421. The molecule has 2 bridgehead atoms. The number of anilines is 1. The first kappa shape index (κ1) is 15.9. The van der Waals surface area contributed by atoms with E-state index in [0.717, 1.165) is 12.8 Å². The fourth-order valence-electron chi connectivity index (χ4n) is 4.33. The summed E-state index contributed by atoms with van der Waals surface area (Å²) in [6.45, 7) is 0.477. The lowest BCUT2D eigenvalue weighted by Gasteiger charge is -2.38. The van der Waals surface area contributed by atoms with Gasteiger partial charge in [0.25, 0.3) is 0 Å². The molecule has 1 aromatic carbocycles. The Labute approximate surface area is 146 Å². The van der Waals surface area contributed by atoms with E-state index in [2.05, 4.69) is 22.8 Å². The standard InChI is InChI=1S/C19H21N3O3/c23-17-15-12-6-7-13(9-8-12)16(15)18(24)22(17)11-10-20-19(25)21-14-4-2-1-3-5-14/h1-7,12-13,15-16H,8-11H2,(H2,20,21,25)/t12-,13-,15-,16+/m0/s1. The average Bonchev–Trinajstić information content (AvgIpc) is 2.90. The number of likely N-dealkylation sites (tertiary alicyclic amines) is 1. The second-order valence-electron chi connectivity index (χ2n) is 6.92. The summed E-state index contributed by atoms with van der Waals surface area (Å²) in [4.78, 5) is 38.5. The fourth-order valence-corrected chi connectivity index (χ4v) is 4.33. The molecule has 0 unspecified atom stereocenters. The molecule has 0 radical (unpaired) electrons. The lowest BCUT2D eigenvalue weighted by Crippen LogP contribution is -2.40. The Balaban J connectivity index is 1.32. The number of rotatable bonds is 4. The first-order valence-electron chi connectivity index (χ1n) is 8.78. The SMILES string of the molecule is O=C(NCCN1C(=O)[C@@H]2[C@H](C1=O)[C@H]1C=C[C@H]2CC1)Nc1ccccc1. The number of urea groups is 1. The molecule has 5 rings (SSSR count). The van der Waals surface area contributed by atoms with Crippen LogP contribution >= 0.6 is 0 Å². The zero-order valence-electron chi connectivity index (χ0n) is 13.9. The zero-order valence-corrected chi connectivity index (χ0v) is 13.9. The number of hydrogen-bond donors (Lipinski definition) is 2. The molecule has 3 aliphatic carbocycles. The van der Waals surface area contributed by atoms with Crippen LogP contribution in [-0.2, 0) is 9.59 Å². The largest absolute Gasteiger partial charge is 0.336 e. The lowest BCUT2D eigenvalue weighted by atomic mass is 9.63. The van der Waals surface area contributed by atoms with Crippen molar-refractivity contribution in [3.8, 4) is 0 Å². The van der Waals surface area contributed by atoms with Gasteiger partial charge in [0.2, 0.25) is 11.8 Å². The number of fused-ring (bicyclic) bond motifs is 1. The molecule has 2 N–H and O–H groups in total. The molecule has 6 nitrogen and oxygen atoms in total. The summed E-state index contributed by atoms with van der Waals surface area (Å²) in [6.07, 6.45) is 6.20. The van der Waals surface area contributed by atoms with E-state index in [1.54, 1.807) is 12.1 Å². The number of imide groups is 1. The van der Waals surface area contributed by atoms with Gasteiger partial charge >= 0.3 is 6.03 Å². The number of amides is 4. The van der Waals surface area contributed by atoms with E-state index >= 15 is 0 Å². The Morgan fingerprint density at radius 1 is 1.00 bits per heavy atom. The maximum Gasteiger partial charge on any atom is 0.319 e. The molecular weight excluding hydrogens is 318 g/mol. The van der Waals surface area contributed by atoms with Gasteiger partial charge in [-0.2, -0.15) is 0 Å². The molecular formula is C19H21N3O3. The molecule has 25 heavy (non-hydrogen) atoms. The molecule has 2 fully saturated rings. The molecule has 0 spiro atoms. The van der Waals surface area contributed by atoms with Gasteiger partial charge in [-0.05, 0) is 36.8 Å². The van der Waals surface area contributed by atoms with E-state index < -0.39 is 0 Å². The van der Waals surface area contributed by atoms with Gasteiger partial charge in [-0.15, -0.1) is 0 Å². The van der Waals surface area contributed by atoms with E-state index in [-0.39, 0.29) is 54.6 Å². The summed E-state index contributed by atoms with van der Waals surface area (Å²) in [5.74, 6) is -0.112. The average molecular weight is 339 g/mol. The highest BCUT2D eigenvalue weighted by Gasteiger charge is 2.56. The molecule has 4 aliphatic rings. The van der Waals surface area contributed by atoms with Crippen LogP contribution in [-0.4, -0.2) is 35.8 Å². The minimum atomic E-state index is -0.343. The smallest absolute Gasteiger partial charge is 0.319 e. The van der Waals surface area contributed by atoms with Crippen LogP contribution in [0.1, 0.15) is 12.8 Å². The number of hydrogen-bond acceptors (Lipinski definition) is 3. The number of para-hydroxylation sites is 1. The van der Waals surface area contributed by atoms with Crippen molar-refractivity contribution in [2.45, 2.75) is 12.8 Å². The monoisotopic (exact) mass is 339 g/mol. The van der Waals surface area contributed by atoms with E-state index in [1.807, 2.05) is 18.2 Å². The molecule has 6 heteroatoms. The van der Waals surface area contributed by atoms with Crippen LogP contribution in [0.15, 0.2) is 42.5 Å². The van der Waals surface area contributed by atoms with Crippen LogP contribution < -0.4 is 10.6 Å². The number of nitrogens with zero attached hydrogens (tertiary/aromatic N) is 1. The Kier molecular flexibility index (Phi) is 4.03. The maximum atomic E-state index is 12.6. The van der Waals surface area contributed by atoms with Gasteiger partial charge in [0.1, 0.15) is 0 Å². The van der Waals surface area contributed by atoms with Crippen LogP contribution in [0.4, 0.5) is 10.5 Å². The van der Waals surface area contributed by atoms with E-state index in [9.17, 15) is 14.4 Å². The van der Waals surface area contributed by atoms with Gasteiger partial charge in [-0.3, -0.25) is 14.5 Å². The van der Waals surface area contributed by atoms with E-state index in [1.165, 1.54) is 4.90 Å². The second-order valence-corrected chi connectivity index (χ2v) is 6.92. The summed E-state index contributed by atoms with van der Waals surface area (Å²) in [6, 6.07) is 8.78. The molecule has 1 aromatic rings. The summed E-state index contributed by atoms with van der Waals surface area (Å²) < 4.78 is 0. The second kappa shape index (κ2) is 6.35. The third-order valence-electron chi connectivity index (χ3n) is 5.50. The Morgan fingerprint density at radius 2 is 1.60 bits per heavy atom. The van der Waals surface area contributed by atoms with Crippen LogP contribution in [0.5, 0.6) is 0 Å². The predicted molar refractivity (Wildman–Crippen MR) is 92.5 cm³/mol. The van der Waals surface area contributed by atoms with Crippen molar-refractivity contribution in [2.24, 2.45) is 23.7 Å². The van der Waals surface area contributed by atoms with Crippen LogP contribution in [0.25, 0.3) is 0 Å². The number of carbonyl (C=O) groups excluding carboxylic acids is 3. The van der Waals surface area contributed by atoms with Crippen LogP contribution in [0.2, 0.25) is 0 Å². The first-order chi connectivity index (χ1) is 12.1. The maximum absolute atomic E-state index is 12.6.